The molecule has 2 aromatic heterocycles. The van der Waals surface area contributed by atoms with Crippen LogP contribution in [0, 0.1) is 6.92 Å². The first kappa shape index (κ1) is 21.7. The Labute approximate surface area is 186 Å². The third kappa shape index (κ3) is 5.05. The molecular weight excluding hydrogens is 408 g/mol. The first-order chi connectivity index (χ1) is 15.0. The Kier molecular flexibility index (Phi) is 6.83. The molecular formula is C24H30N4O2S. The van der Waals surface area contributed by atoms with Crippen LogP contribution < -0.4 is 10.9 Å². The Morgan fingerprint density at radius 2 is 2.03 bits per heavy atom. The van der Waals surface area contributed by atoms with Crippen molar-refractivity contribution >= 4 is 27.5 Å². The highest BCUT2D eigenvalue weighted by molar-refractivity contribution is 7.17. The van der Waals surface area contributed by atoms with Crippen molar-refractivity contribution in [3.8, 4) is 11.1 Å². The van der Waals surface area contributed by atoms with Gasteiger partial charge >= 0.3 is 0 Å². The minimum Gasteiger partial charge on any atom is -0.355 e. The van der Waals surface area contributed by atoms with E-state index in [1.165, 1.54) is 36.2 Å². The average Bonchev–Trinajstić information content (AvgIpc) is 3.20. The van der Waals surface area contributed by atoms with Crippen molar-refractivity contribution in [2.75, 3.05) is 19.6 Å². The van der Waals surface area contributed by atoms with Gasteiger partial charge in [0.05, 0.1) is 11.7 Å². The molecule has 0 aliphatic carbocycles. The Morgan fingerprint density at radius 3 is 2.81 bits per heavy atom. The molecule has 0 spiro atoms. The summed E-state index contributed by atoms with van der Waals surface area (Å²) in [4.78, 5) is 33.1. The van der Waals surface area contributed by atoms with Crippen molar-refractivity contribution in [3.63, 3.8) is 0 Å². The van der Waals surface area contributed by atoms with Crippen LogP contribution in [0.25, 0.3) is 21.3 Å². The number of thiophene rings is 1. The molecule has 1 saturated heterocycles. The van der Waals surface area contributed by atoms with Gasteiger partial charge in [-0.1, -0.05) is 36.2 Å². The minimum atomic E-state index is -0.0863. The van der Waals surface area contributed by atoms with E-state index in [2.05, 4.69) is 22.1 Å². The molecule has 1 aliphatic heterocycles. The summed E-state index contributed by atoms with van der Waals surface area (Å²) in [6.45, 7) is 7.28. The van der Waals surface area contributed by atoms with Gasteiger partial charge in [-0.05, 0) is 38.8 Å². The van der Waals surface area contributed by atoms with Crippen molar-refractivity contribution in [1.82, 2.24) is 19.8 Å². The Morgan fingerprint density at radius 1 is 1.23 bits per heavy atom. The molecule has 1 atom stereocenters. The molecule has 7 heteroatoms. The molecule has 1 fully saturated rings. The van der Waals surface area contributed by atoms with Gasteiger partial charge in [0, 0.05) is 43.0 Å². The summed E-state index contributed by atoms with van der Waals surface area (Å²) in [6, 6.07) is 8.75. The van der Waals surface area contributed by atoms with Gasteiger partial charge in [-0.15, -0.1) is 11.3 Å². The van der Waals surface area contributed by atoms with Gasteiger partial charge in [-0.2, -0.15) is 0 Å². The lowest BCUT2D eigenvalue weighted by Crippen LogP contribution is -2.42. The highest BCUT2D eigenvalue weighted by atomic mass is 32.1. The first-order valence-corrected chi connectivity index (χ1v) is 12.0. The van der Waals surface area contributed by atoms with Crippen molar-refractivity contribution < 1.29 is 4.79 Å². The van der Waals surface area contributed by atoms with Crippen molar-refractivity contribution in [2.45, 2.75) is 52.1 Å². The van der Waals surface area contributed by atoms with Gasteiger partial charge < -0.3 is 5.32 Å². The second kappa shape index (κ2) is 9.75. The third-order valence-corrected chi connectivity index (χ3v) is 7.05. The molecule has 3 heterocycles. The quantitative estimate of drug-likeness (QED) is 0.609. The van der Waals surface area contributed by atoms with Crippen LogP contribution in [0.4, 0.5) is 0 Å². The van der Waals surface area contributed by atoms with E-state index >= 15 is 0 Å². The van der Waals surface area contributed by atoms with Gasteiger partial charge in [-0.25, -0.2) is 4.98 Å². The maximum absolute atomic E-state index is 13.1. The smallest absolute Gasteiger partial charge is 0.262 e. The summed E-state index contributed by atoms with van der Waals surface area (Å²) in [5.41, 5.74) is 3.02. The van der Waals surface area contributed by atoms with Crippen LogP contribution in [0.3, 0.4) is 0 Å². The average molecular weight is 439 g/mol. The van der Waals surface area contributed by atoms with Crippen molar-refractivity contribution in [2.24, 2.45) is 0 Å². The molecule has 3 aromatic rings. The first-order valence-electron chi connectivity index (χ1n) is 11.1. The largest absolute Gasteiger partial charge is 0.355 e. The van der Waals surface area contributed by atoms with E-state index in [-0.39, 0.29) is 17.9 Å². The van der Waals surface area contributed by atoms with Gasteiger partial charge in [-0.3, -0.25) is 19.1 Å². The number of aromatic nitrogens is 2. The zero-order valence-electron chi connectivity index (χ0n) is 18.3. The molecule has 0 bridgehead atoms. The number of piperidine rings is 1. The van der Waals surface area contributed by atoms with Gasteiger partial charge in [0.25, 0.3) is 5.56 Å². The SMILES string of the molecule is Cc1ccc(-c2csc3ncn(CCC(=O)NCCN4CCCCC4C)c(=O)c23)cc1. The van der Waals surface area contributed by atoms with Crippen LogP contribution in [-0.4, -0.2) is 46.0 Å². The third-order valence-electron chi connectivity index (χ3n) is 6.16. The van der Waals surface area contributed by atoms with Crippen molar-refractivity contribution in [1.29, 1.82) is 0 Å². The molecule has 1 unspecified atom stereocenters. The molecule has 4 rings (SSSR count). The normalized spacial score (nSPS) is 17.2. The Bertz CT molecular complexity index is 1100. The zero-order chi connectivity index (χ0) is 21.8. The lowest BCUT2D eigenvalue weighted by Gasteiger charge is -2.33. The minimum absolute atomic E-state index is 0.0271. The van der Waals surface area contributed by atoms with Gasteiger partial charge in [0.15, 0.2) is 0 Å². The maximum atomic E-state index is 13.1. The second-order valence-electron chi connectivity index (χ2n) is 8.42. The molecule has 0 saturated carbocycles. The topological polar surface area (TPSA) is 67.2 Å². The van der Waals surface area contributed by atoms with E-state index in [9.17, 15) is 9.59 Å². The van der Waals surface area contributed by atoms with E-state index in [0.717, 1.165) is 29.0 Å². The highest BCUT2D eigenvalue weighted by Crippen LogP contribution is 2.30. The number of amides is 1. The number of rotatable bonds is 7. The van der Waals surface area contributed by atoms with Crippen molar-refractivity contribution in [3.05, 3.63) is 51.9 Å². The number of aryl methyl sites for hydroxylation is 2. The molecule has 1 aliphatic rings. The summed E-state index contributed by atoms with van der Waals surface area (Å²) in [6.07, 6.45) is 5.60. The van der Waals surface area contributed by atoms with Crippen LogP contribution >= 0.6 is 11.3 Å². The van der Waals surface area contributed by atoms with E-state index < -0.39 is 0 Å². The number of likely N-dealkylation sites (tertiary alicyclic amines) is 1. The predicted molar refractivity (Wildman–Crippen MR) is 127 cm³/mol. The number of carbonyl (C=O) groups is 1. The zero-order valence-corrected chi connectivity index (χ0v) is 19.1. The van der Waals surface area contributed by atoms with Crippen LogP contribution in [0.15, 0.2) is 40.8 Å². The van der Waals surface area contributed by atoms with E-state index in [0.29, 0.717) is 24.5 Å². The van der Waals surface area contributed by atoms with Crippen LogP contribution in [-0.2, 0) is 11.3 Å². The number of nitrogens with one attached hydrogen (secondary N) is 1. The molecule has 0 radical (unpaired) electrons. The summed E-state index contributed by atoms with van der Waals surface area (Å²) in [5, 5.41) is 5.62. The summed E-state index contributed by atoms with van der Waals surface area (Å²) in [7, 11) is 0. The van der Waals surface area contributed by atoms with E-state index in [4.69, 9.17) is 0 Å². The molecule has 164 valence electrons. The van der Waals surface area contributed by atoms with Gasteiger partial charge in [0.1, 0.15) is 4.83 Å². The number of hydrogen-bond acceptors (Lipinski definition) is 5. The van der Waals surface area contributed by atoms with Crippen LogP contribution in [0.1, 0.15) is 38.2 Å². The summed E-state index contributed by atoms with van der Waals surface area (Å²) >= 11 is 1.48. The molecule has 31 heavy (non-hydrogen) atoms. The Hall–Kier alpha value is -2.51. The fraction of sp³-hybridized carbons (Fsp3) is 0.458. The highest BCUT2D eigenvalue weighted by Gasteiger charge is 2.18. The monoisotopic (exact) mass is 438 g/mol. The standard InChI is InChI=1S/C24H30N4O2S/c1-17-6-8-19(9-7-17)20-15-31-23-22(20)24(30)28(16-26-23)13-10-21(29)25-11-14-27-12-4-3-5-18(27)2/h6-9,15-16,18H,3-5,10-14H2,1-2H3,(H,25,29). The van der Waals surface area contributed by atoms with E-state index in [1.807, 2.05) is 36.6 Å². The number of carbonyl (C=O) groups excluding carboxylic acids is 1. The van der Waals surface area contributed by atoms with Crippen LogP contribution in [0.2, 0.25) is 0 Å². The maximum Gasteiger partial charge on any atom is 0.262 e. The molecule has 1 aromatic carbocycles. The summed E-state index contributed by atoms with van der Waals surface area (Å²) in [5.74, 6) is -0.0271. The van der Waals surface area contributed by atoms with E-state index in [1.54, 1.807) is 10.9 Å². The molecule has 1 N–H and O–H groups in total. The number of hydrogen-bond donors (Lipinski definition) is 1. The lowest BCUT2D eigenvalue weighted by atomic mass is 10.0. The second-order valence-corrected chi connectivity index (χ2v) is 9.28. The number of benzene rings is 1. The fourth-order valence-corrected chi connectivity index (χ4v) is 5.12. The Balaban J connectivity index is 1.39. The van der Waals surface area contributed by atoms with Crippen LogP contribution in [0.5, 0.6) is 0 Å². The number of nitrogens with zero attached hydrogens (tertiary/aromatic N) is 3. The predicted octanol–water partition coefficient (Wildman–Crippen LogP) is 3.81. The lowest BCUT2D eigenvalue weighted by molar-refractivity contribution is -0.121. The van der Waals surface area contributed by atoms with Gasteiger partial charge in [0.2, 0.25) is 5.91 Å². The number of fused-ring (bicyclic) bond motifs is 1. The summed E-state index contributed by atoms with van der Waals surface area (Å²) < 4.78 is 1.55. The fourth-order valence-electron chi connectivity index (χ4n) is 4.21. The molecule has 6 nitrogen and oxygen atoms in total. The molecule has 1 amide bonds.